The van der Waals surface area contributed by atoms with Gasteiger partial charge in [-0.15, -0.1) is 0 Å². The molecule has 0 aromatic carbocycles. The van der Waals surface area contributed by atoms with Gasteiger partial charge in [-0.3, -0.25) is 4.68 Å². The summed E-state index contributed by atoms with van der Waals surface area (Å²) in [6, 6.07) is 0.819. The Labute approximate surface area is 111 Å². The summed E-state index contributed by atoms with van der Waals surface area (Å²) in [5, 5.41) is 8.24. The lowest BCUT2D eigenvalue weighted by Crippen LogP contribution is -2.37. The second-order valence-electron chi connectivity index (χ2n) is 5.45. The molecule has 18 heavy (non-hydrogen) atoms. The van der Waals surface area contributed by atoms with Gasteiger partial charge in [0, 0.05) is 36.4 Å². The van der Waals surface area contributed by atoms with E-state index in [0.717, 1.165) is 18.8 Å². The highest BCUT2D eigenvalue weighted by atomic mass is 15.3. The molecule has 0 fully saturated rings. The van der Waals surface area contributed by atoms with E-state index >= 15 is 0 Å². The van der Waals surface area contributed by atoms with Crippen LogP contribution in [0.5, 0.6) is 0 Å². The van der Waals surface area contributed by atoms with Crippen LogP contribution >= 0.6 is 0 Å². The molecule has 1 N–H and O–H groups in total. The van der Waals surface area contributed by atoms with Gasteiger partial charge in [-0.05, 0) is 48.7 Å². The summed E-state index contributed by atoms with van der Waals surface area (Å²) in [7, 11) is 4.21. The molecule has 0 saturated heterocycles. The topological polar surface area (TPSA) is 33.1 Å². The molecule has 2 unspecified atom stereocenters. The van der Waals surface area contributed by atoms with Crippen LogP contribution < -0.4 is 5.32 Å². The second-order valence-corrected chi connectivity index (χ2v) is 5.45. The van der Waals surface area contributed by atoms with E-state index in [1.165, 1.54) is 11.3 Å². The van der Waals surface area contributed by atoms with E-state index in [-0.39, 0.29) is 0 Å². The number of hydrogen-bond acceptors (Lipinski definition) is 3. The monoisotopic (exact) mass is 252 g/mol. The SMILES string of the molecule is CCn1nc(C)c(C(C)NC(C)CN(C)C)c1C. The molecule has 0 amide bonds. The molecular formula is C14H28N4. The Hall–Kier alpha value is -0.870. The van der Waals surface area contributed by atoms with Crippen LogP contribution in [0.2, 0.25) is 0 Å². The van der Waals surface area contributed by atoms with Crippen molar-refractivity contribution in [1.29, 1.82) is 0 Å². The van der Waals surface area contributed by atoms with Crippen LogP contribution in [0, 0.1) is 13.8 Å². The average Bonchev–Trinajstić information content (AvgIpc) is 2.52. The zero-order valence-corrected chi connectivity index (χ0v) is 12.9. The summed E-state index contributed by atoms with van der Waals surface area (Å²) in [6.45, 7) is 12.8. The Bertz CT molecular complexity index is 381. The van der Waals surface area contributed by atoms with Crippen molar-refractivity contribution >= 4 is 0 Å². The number of aryl methyl sites for hydroxylation is 2. The molecule has 104 valence electrons. The van der Waals surface area contributed by atoms with Gasteiger partial charge < -0.3 is 10.2 Å². The molecular weight excluding hydrogens is 224 g/mol. The van der Waals surface area contributed by atoms with E-state index in [1.54, 1.807) is 0 Å². The van der Waals surface area contributed by atoms with Gasteiger partial charge in [-0.1, -0.05) is 0 Å². The third-order valence-corrected chi connectivity index (χ3v) is 3.34. The van der Waals surface area contributed by atoms with Gasteiger partial charge >= 0.3 is 0 Å². The molecule has 1 aromatic rings. The molecule has 0 aliphatic carbocycles. The van der Waals surface area contributed by atoms with E-state index in [4.69, 9.17) is 0 Å². The van der Waals surface area contributed by atoms with Crippen LogP contribution in [0.3, 0.4) is 0 Å². The maximum Gasteiger partial charge on any atom is 0.0644 e. The maximum atomic E-state index is 4.58. The fourth-order valence-electron chi connectivity index (χ4n) is 2.76. The minimum atomic E-state index is 0.347. The van der Waals surface area contributed by atoms with Crippen molar-refractivity contribution in [3.63, 3.8) is 0 Å². The number of hydrogen-bond donors (Lipinski definition) is 1. The van der Waals surface area contributed by atoms with Crippen molar-refractivity contribution in [2.75, 3.05) is 20.6 Å². The third kappa shape index (κ3) is 3.56. The predicted octanol–water partition coefficient (Wildman–Crippen LogP) is 2.12. The van der Waals surface area contributed by atoms with Crippen molar-refractivity contribution in [2.24, 2.45) is 0 Å². The van der Waals surface area contributed by atoms with Crippen molar-refractivity contribution in [2.45, 2.75) is 53.2 Å². The van der Waals surface area contributed by atoms with Crippen LogP contribution in [0.25, 0.3) is 0 Å². The normalized spacial score (nSPS) is 15.1. The van der Waals surface area contributed by atoms with Crippen molar-refractivity contribution in [1.82, 2.24) is 20.0 Å². The number of rotatable bonds is 6. The smallest absolute Gasteiger partial charge is 0.0644 e. The highest BCUT2D eigenvalue weighted by molar-refractivity contribution is 5.27. The third-order valence-electron chi connectivity index (χ3n) is 3.34. The predicted molar refractivity (Wildman–Crippen MR) is 76.9 cm³/mol. The molecule has 0 radical (unpaired) electrons. The van der Waals surface area contributed by atoms with Crippen molar-refractivity contribution in [3.05, 3.63) is 17.0 Å². The lowest BCUT2D eigenvalue weighted by molar-refractivity contribution is 0.334. The molecule has 1 heterocycles. The number of nitrogens with zero attached hydrogens (tertiary/aromatic N) is 3. The Balaban J connectivity index is 2.78. The van der Waals surface area contributed by atoms with E-state index in [9.17, 15) is 0 Å². The van der Waals surface area contributed by atoms with Crippen LogP contribution in [-0.4, -0.2) is 41.4 Å². The number of likely N-dealkylation sites (N-methyl/N-ethyl adjacent to an activating group) is 1. The Kier molecular flexibility index (Phi) is 5.35. The summed E-state index contributed by atoms with van der Waals surface area (Å²) < 4.78 is 2.08. The lowest BCUT2D eigenvalue weighted by Gasteiger charge is -2.23. The molecule has 1 aromatic heterocycles. The standard InChI is InChI=1S/C14H28N4/c1-8-18-13(5)14(12(4)16-18)11(3)15-10(2)9-17(6)7/h10-11,15H,8-9H2,1-7H3. The van der Waals surface area contributed by atoms with Crippen molar-refractivity contribution in [3.8, 4) is 0 Å². The fourth-order valence-corrected chi connectivity index (χ4v) is 2.76. The van der Waals surface area contributed by atoms with Crippen LogP contribution in [-0.2, 0) is 6.54 Å². The van der Waals surface area contributed by atoms with E-state index in [0.29, 0.717) is 12.1 Å². The average molecular weight is 252 g/mol. The van der Waals surface area contributed by atoms with Gasteiger partial charge in [0.2, 0.25) is 0 Å². The van der Waals surface area contributed by atoms with Crippen molar-refractivity contribution < 1.29 is 0 Å². The summed E-state index contributed by atoms with van der Waals surface area (Å²) in [5.41, 5.74) is 3.78. The summed E-state index contributed by atoms with van der Waals surface area (Å²) in [4.78, 5) is 2.21. The first kappa shape index (κ1) is 15.2. The number of nitrogens with one attached hydrogen (secondary N) is 1. The Morgan fingerprint density at radius 3 is 2.33 bits per heavy atom. The minimum absolute atomic E-state index is 0.347. The molecule has 0 aliphatic rings. The molecule has 0 spiro atoms. The molecule has 0 aliphatic heterocycles. The molecule has 4 heteroatoms. The second kappa shape index (κ2) is 6.34. The van der Waals surface area contributed by atoms with Crippen LogP contribution in [0.1, 0.15) is 43.8 Å². The van der Waals surface area contributed by atoms with E-state index < -0.39 is 0 Å². The van der Waals surface area contributed by atoms with Gasteiger partial charge in [-0.25, -0.2) is 0 Å². The van der Waals surface area contributed by atoms with Gasteiger partial charge in [0.25, 0.3) is 0 Å². The molecule has 0 saturated carbocycles. The molecule has 4 nitrogen and oxygen atoms in total. The first-order valence-electron chi connectivity index (χ1n) is 6.81. The maximum absolute atomic E-state index is 4.58. The Morgan fingerprint density at radius 2 is 1.89 bits per heavy atom. The minimum Gasteiger partial charge on any atom is -0.308 e. The van der Waals surface area contributed by atoms with Crippen LogP contribution in [0.15, 0.2) is 0 Å². The van der Waals surface area contributed by atoms with E-state index in [2.05, 4.69) is 68.7 Å². The quantitative estimate of drug-likeness (QED) is 0.842. The zero-order valence-electron chi connectivity index (χ0n) is 12.9. The van der Waals surface area contributed by atoms with Gasteiger partial charge in [0.05, 0.1) is 5.69 Å². The molecule has 2 atom stereocenters. The lowest BCUT2D eigenvalue weighted by atomic mass is 10.1. The first-order valence-corrected chi connectivity index (χ1v) is 6.81. The highest BCUT2D eigenvalue weighted by Gasteiger charge is 2.18. The molecule has 0 bridgehead atoms. The summed E-state index contributed by atoms with van der Waals surface area (Å²) in [5.74, 6) is 0. The largest absolute Gasteiger partial charge is 0.308 e. The van der Waals surface area contributed by atoms with Gasteiger partial charge in [-0.2, -0.15) is 5.10 Å². The highest BCUT2D eigenvalue weighted by Crippen LogP contribution is 2.21. The number of aromatic nitrogens is 2. The van der Waals surface area contributed by atoms with Crippen LogP contribution in [0.4, 0.5) is 0 Å². The van der Waals surface area contributed by atoms with Gasteiger partial charge in [0.15, 0.2) is 0 Å². The van der Waals surface area contributed by atoms with E-state index in [1.807, 2.05) is 0 Å². The molecule has 1 rings (SSSR count). The first-order chi connectivity index (χ1) is 8.36. The van der Waals surface area contributed by atoms with Gasteiger partial charge in [0.1, 0.15) is 0 Å². The fraction of sp³-hybridized carbons (Fsp3) is 0.786. The summed E-state index contributed by atoms with van der Waals surface area (Å²) in [6.07, 6.45) is 0. The summed E-state index contributed by atoms with van der Waals surface area (Å²) >= 11 is 0. The zero-order chi connectivity index (χ0) is 13.9. The Morgan fingerprint density at radius 1 is 1.28 bits per heavy atom.